The van der Waals surface area contributed by atoms with Crippen LogP contribution in [-0.4, -0.2) is 11.9 Å². The minimum absolute atomic E-state index is 0.146. The summed E-state index contributed by atoms with van der Waals surface area (Å²) in [4.78, 5) is 13.1. The van der Waals surface area contributed by atoms with Crippen LogP contribution in [0.5, 0.6) is 0 Å². The van der Waals surface area contributed by atoms with Gasteiger partial charge in [-0.15, -0.1) is 9.24 Å². The molecule has 2 heteroatoms. The lowest BCUT2D eigenvalue weighted by molar-refractivity contribution is 0.0777. The molecule has 0 aliphatic heterocycles. The van der Waals surface area contributed by atoms with Crippen molar-refractivity contribution in [3.8, 4) is 0 Å². The number of rotatable bonds is 4. The molecule has 2 atom stereocenters. The molecule has 0 amide bonds. The monoisotopic (exact) mass is 292 g/mol. The van der Waals surface area contributed by atoms with E-state index in [2.05, 4.69) is 56.0 Å². The van der Waals surface area contributed by atoms with Gasteiger partial charge in [0.15, 0.2) is 5.78 Å². The summed E-state index contributed by atoms with van der Waals surface area (Å²) in [5, 5.41) is 0. The predicted molar refractivity (Wildman–Crippen MR) is 91.7 cm³/mol. The minimum Gasteiger partial charge on any atom is -0.294 e. The number of hydrogen-bond acceptors (Lipinski definition) is 1. The molecule has 1 nitrogen and oxygen atoms in total. The van der Waals surface area contributed by atoms with E-state index in [0.29, 0.717) is 0 Å². The standard InChI is InChI=1S/C18H29OP/c1-12-8-13(2)15(14(3)9-12)16(19)18(7,11-20)10-17(4,5)6/h8-9H,10-11,20H2,1-7H3. The van der Waals surface area contributed by atoms with E-state index in [9.17, 15) is 4.79 Å². The Morgan fingerprint density at radius 1 is 1.05 bits per heavy atom. The van der Waals surface area contributed by atoms with Crippen molar-refractivity contribution >= 4 is 15.0 Å². The van der Waals surface area contributed by atoms with Crippen molar-refractivity contribution < 1.29 is 4.79 Å². The number of carbonyl (C=O) groups excluding carboxylic acids is 1. The normalized spacial score (nSPS) is 15.0. The molecule has 0 aliphatic carbocycles. The molecule has 0 fully saturated rings. The quantitative estimate of drug-likeness (QED) is 0.556. The highest BCUT2D eigenvalue weighted by molar-refractivity contribution is 7.16. The first-order valence-electron chi connectivity index (χ1n) is 7.33. The van der Waals surface area contributed by atoms with Gasteiger partial charge in [-0.05, 0) is 49.9 Å². The third-order valence-corrected chi connectivity index (χ3v) is 4.72. The molecule has 1 aromatic carbocycles. The molecule has 0 heterocycles. The molecular formula is C18H29OP. The summed E-state index contributed by atoms with van der Waals surface area (Å²) in [5.74, 6) is 0.289. The minimum atomic E-state index is -0.312. The van der Waals surface area contributed by atoms with Crippen molar-refractivity contribution in [2.24, 2.45) is 10.8 Å². The first-order chi connectivity index (χ1) is 9.00. The van der Waals surface area contributed by atoms with Gasteiger partial charge in [0, 0.05) is 11.0 Å². The number of benzene rings is 1. The summed E-state index contributed by atoms with van der Waals surface area (Å²) in [5.41, 5.74) is 4.18. The van der Waals surface area contributed by atoms with Crippen LogP contribution < -0.4 is 0 Å². The van der Waals surface area contributed by atoms with Crippen LogP contribution in [0.4, 0.5) is 0 Å². The third-order valence-electron chi connectivity index (χ3n) is 3.82. The van der Waals surface area contributed by atoms with Gasteiger partial charge in [-0.2, -0.15) is 0 Å². The fourth-order valence-electron chi connectivity index (χ4n) is 3.26. The van der Waals surface area contributed by atoms with E-state index in [1.807, 2.05) is 13.8 Å². The molecule has 2 unspecified atom stereocenters. The average Bonchev–Trinajstić information content (AvgIpc) is 2.24. The smallest absolute Gasteiger partial charge is 0.169 e. The Morgan fingerprint density at radius 2 is 1.50 bits per heavy atom. The SMILES string of the molecule is Cc1cc(C)c(C(=O)C(C)(CP)CC(C)(C)C)c(C)c1. The summed E-state index contributed by atoms with van der Waals surface area (Å²) in [7, 11) is 2.77. The van der Waals surface area contributed by atoms with Gasteiger partial charge < -0.3 is 0 Å². The highest BCUT2D eigenvalue weighted by Gasteiger charge is 2.37. The van der Waals surface area contributed by atoms with Gasteiger partial charge in [0.05, 0.1) is 0 Å². The zero-order chi connectivity index (χ0) is 15.7. The van der Waals surface area contributed by atoms with E-state index < -0.39 is 0 Å². The second kappa shape index (κ2) is 5.98. The Bertz CT molecular complexity index is 488. The first-order valence-corrected chi connectivity index (χ1v) is 8.14. The van der Waals surface area contributed by atoms with Crippen LogP contribution in [0, 0.1) is 31.6 Å². The Kier molecular flexibility index (Phi) is 5.19. The summed E-state index contributed by atoms with van der Waals surface area (Å²) >= 11 is 0. The molecule has 20 heavy (non-hydrogen) atoms. The number of ketones is 1. The molecule has 0 saturated carbocycles. The van der Waals surface area contributed by atoms with Gasteiger partial charge in [-0.25, -0.2) is 0 Å². The fraction of sp³-hybridized carbons (Fsp3) is 0.611. The maximum Gasteiger partial charge on any atom is 0.169 e. The Labute approximate surface area is 126 Å². The number of aryl methyl sites for hydroxylation is 3. The van der Waals surface area contributed by atoms with Crippen molar-refractivity contribution in [2.45, 2.75) is 54.9 Å². The fourth-order valence-corrected chi connectivity index (χ4v) is 3.59. The summed E-state index contributed by atoms with van der Waals surface area (Å²) < 4.78 is 0. The van der Waals surface area contributed by atoms with E-state index in [1.165, 1.54) is 5.56 Å². The second-order valence-electron chi connectivity index (χ2n) is 7.61. The zero-order valence-electron chi connectivity index (χ0n) is 14.1. The molecule has 0 spiro atoms. The molecule has 0 aromatic heterocycles. The van der Waals surface area contributed by atoms with Gasteiger partial charge in [0.25, 0.3) is 0 Å². The van der Waals surface area contributed by atoms with Gasteiger partial charge in [0.1, 0.15) is 0 Å². The van der Waals surface area contributed by atoms with Gasteiger partial charge in [-0.1, -0.05) is 45.4 Å². The lowest BCUT2D eigenvalue weighted by Gasteiger charge is -2.34. The van der Waals surface area contributed by atoms with E-state index in [4.69, 9.17) is 0 Å². The van der Waals surface area contributed by atoms with Crippen molar-refractivity contribution in [1.29, 1.82) is 0 Å². The van der Waals surface area contributed by atoms with Crippen LogP contribution in [0.15, 0.2) is 12.1 Å². The van der Waals surface area contributed by atoms with Crippen molar-refractivity contribution in [1.82, 2.24) is 0 Å². The summed E-state index contributed by atoms with van der Waals surface area (Å²) in [6.45, 7) is 14.9. The van der Waals surface area contributed by atoms with E-state index >= 15 is 0 Å². The van der Waals surface area contributed by atoms with Crippen LogP contribution in [-0.2, 0) is 0 Å². The van der Waals surface area contributed by atoms with Crippen molar-refractivity contribution in [3.05, 3.63) is 34.4 Å². The van der Waals surface area contributed by atoms with Crippen LogP contribution in [0.3, 0.4) is 0 Å². The van der Waals surface area contributed by atoms with Crippen molar-refractivity contribution in [3.63, 3.8) is 0 Å². The molecule has 0 saturated heterocycles. The maximum atomic E-state index is 13.1. The van der Waals surface area contributed by atoms with Crippen molar-refractivity contribution in [2.75, 3.05) is 6.16 Å². The molecule has 112 valence electrons. The first kappa shape index (κ1) is 17.4. The van der Waals surface area contributed by atoms with Crippen LogP contribution in [0.2, 0.25) is 0 Å². The third kappa shape index (κ3) is 3.92. The van der Waals surface area contributed by atoms with Gasteiger partial charge in [-0.3, -0.25) is 4.79 Å². The largest absolute Gasteiger partial charge is 0.294 e. The number of carbonyl (C=O) groups is 1. The number of Topliss-reactive ketones (excluding diaryl/α,β-unsaturated/α-hetero) is 1. The van der Waals surface area contributed by atoms with Gasteiger partial charge in [0.2, 0.25) is 0 Å². The molecule has 0 bridgehead atoms. The van der Waals surface area contributed by atoms with Crippen LogP contribution in [0.25, 0.3) is 0 Å². The lowest BCUT2D eigenvalue weighted by Crippen LogP contribution is -2.35. The molecule has 0 radical (unpaired) electrons. The predicted octanol–water partition coefficient (Wildman–Crippen LogP) is 5.11. The Balaban J connectivity index is 3.28. The second-order valence-corrected chi connectivity index (χ2v) is 8.01. The highest BCUT2D eigenvalue weighted by atomic mass is 31.0. The van der Waals surface area contributed by atoms with E-state index in [0.717, 1.165) is 29.3 Å². The average molecular weight is 292 g/mol. The molecule has 1 rings (SSSR count). The summed E-state index contributed by atoms with van der Waals surface area (Å²) in [6.07, 6.45) is 1.70. The van der Waals surface area contributed by atoms with E-state index in [1.54, 1.807) is 0 Å². The van der Waals surface area contributed by atoms with Gasteiger partial charge >= 0.3 is 0 Å². The topological polar surface area (TPSA) is 17.1 Å². The zero-order valence-corrected chi connectivity index (χ0v) is 15.2. The number of hydrogen-bond donors (Lipinski definition) is 0. The Morgan fingerprint density at radius 3 is 1.85 bits per heavy atom. The lowest BCUT2D eigenvalue weighted by atomic mass is 9.71. The van der Waals surface area contributed by atoms with E-state index in [-0.39, 0.29) is 16.6 Å². The molecule has 1 aromatic rings. The molecular weight excluding hydrogens is 263 g/mol. The van der Waals surface area contributed by atoms with Crippen LogP contribution >= 0.6 is 9.24 Å². The Hall–Kier alpha value is -0.680. The molecule has 0 N–H and O–H groups in total. The van der Waals surface area contributed by atoms with Crippen LogP contribution in [0.1, 0.15) is 61.2 Å². The molecule has 0 aliphatic rings. The summed E-state index contributed by atoms with van der Waals surface area (Å²) in [6, 6.07) is 4.22. The highest BCUT2D eigenvalue weighted by Crippen LogP contribution is 2.39. The maximum absolute atomic E-state index is 13.1.